The summed E-state index contributed by atoms with van der Waals surface area (Å²) in [6.07, 6.45) is 4.51. The zero-order valence-electron chi connectivity index (χ0n) is 10.9. The number of aromatic amines is 1. The van der Waals surface area contributed by atoms with Crippen LogP contribution in [0.2, 0.25) is 0 Å². The van der Waals surface area contributed by atoms with E-state index in [-0.39, 0.29) is 11.9 Å². The number of aromatic hydroxyl groups is 1. The molecule has 1 unspecified atom stereocenters. The third kappa shape index (κ3) is 2.35. The minimum Gasteiger partial charge on any atom is -0.494 e. The first kappa shape index (κ1) is 12.9. The van der Waals surface area contributed by atoms with Gasteiger partial charge in [-0.25, -0.2) is 4.79 Å². The van der Waals surface area contributed by atoms with Crippen LogP contribution in [0, 0.1) is 5.92 Å². The first-order valence-corrected chi connectivity index (χ1v) is 6.65. The molecular formula is C13H20N2O3. The molecular weight excluding hydrogens is 232 g/mol. The molecule has 5 heteroatoms. The lowest BCUT2D eigenvalue weighted by Crippen LogP contribution is -2.34. The van der Waals surface area contributed by atoms with Gasteiger partial charge in [0, 0.05) is 6.04 Å². The Hall–Kier alpha value is -1.52. The highest BCUT2D eigenvalue weighted by Gasteiger charge is 2.28. The fourth-order valence-electron chi connectivity index (χ4n) is 2.43. The zero-order valence-corrected chi connectivity index (χ0v) is 10.9. The van der Waals surface area contributed by atoms with Crippen molar-refractivity contribution in [1.82, 2.24) is 9.55 Å². The van der Waals surface area contributed by atoms with E-state index in [9.17, 15) is 14.7 Å². The average Bonchev–Trinajstić information content (AvgIpc) is 3.11. The van der Waals surface area contributed by atoms with Crippen molar-refractivity contribution in [3.8, 4) is 5.88 Å². The number of H-pyrrole nitrogens is 1. The summed E-state index contributed by atoms with van der Waals surface area (Å²) < 4.78 is 1.36. The lowest BCUT2D eigenvalue weighted by atomic mass is 10.1. The fraction of sp³-hybridized carbons (Fsp3) is 0.692. The summed E-state index contributed by atoms with van der Waals surface area (Å²) in [6.45, 7) is 3.79. The van der Waals surface area contributed by atoms with E-state index in [4.69, 9.17) is 0 Å². The predicted octanol–water partition coefficient (Wildman–Crippen LogP) is 1.56. The molecule has 0 aliphatic heterocycles. The maximum atomic E-state index is 11.9. The Morgan fingerprint density at radius 2 is 2.06 bits per heavy atom. The van der Waals surface area contributed by atoms with Crippen LogP contribution in [0.3, 0.4) is 0 Å². The lowest BCUT2D eigenvalue weighted by molar-refractivity contribution is 0.330. The van der Waals surface area contributed by atoms with E-state index in [1.54, 1.807) is 6.92 Å². The van der Waals surface area contributed by atoms with Crippen LogP contribution in [-0.2, 0) is 6.42 Å². The van der Waals surface area contributed by atoms with Gasteiger partial charge in [-0.15, -0.1) is 0 Å². The Labute approximate surface area is 105 Å². The molecule has 1 saturated carbocycles. The van der Waals surface area contributed by atoms with E-state index in [2.05, 4.69) is 4.98 Å². The summed E-state index contributed by atoms with van der Waals surface area (Å²) in [7, 11) is 0. The Bertz CT molecular complexity index is 540. The highest BCUT2D eigenvalue weighted by Crippen LogP contribution is 2.38. The van der Waals surface area contributed by atoms with Gasteiger partial charge in [0.05, 0.1) is 5.56 Å². The second kappa shape index (κ2) is 5.00. The second-order valence-corrected chi connectivity index (χ2v) is 5.03. The molecule has 1 fully saturated rings. The topological polar surface area (TPSA) is 75.1 Å². The van der Waals surface area contributed by atoms with Crippen LogP contribution < -0.4 is 11.2 Å². The molecule has 1 atom stereocenters. The molecule has 0 spiro atoms. The molecule has 1 aromatic heterocycles. The van der Waals surface area contributed by atoms with Crippen molar-refractivity contribution >= 4 is 0 Å². The second-order valence-electron chi connectivity index (χ2n) is 5.03. The number of aromatic nitrogens is 2. The number of nitrogens with one attached hydrogen (secondary N) is 1. The van der Waals surface area contributed by atoms with E-state index in [0.717, 1.165) is 12.8 Å². The normalized spacial score (nSPS) is 16.8. The molecule has 2 N–H and O–H groups in total. The molecule has 18 heavy (non-hydrogen) atoms. The third-order valence-corrected chi connectivity index (χ3v) is 3.70. The number of hydrogen-bond acceptors (Lipinski definition) is 3. The van der Waals surface area contributed by atoms with E-state index >= 15 is 0 Å². The van der Waals surface area contributed by atoms with Gasteiger partial charge in [-0.2, -0.15) is 0 Å². The van der Waals surface area contributed by atoms with E-state index in [1.165, 1.54) is 17.4 Å². The molecule has 0 saturated heterocycles. The van der Waals surface area contributed by atoms with E-state index in [1.807, 2.05) is 6.92 Å². The van der Waals surface area contributed by atoms with Crippen LogP contribution in [-0.4, -0.2) is 14.7 Å². The maximum Gasteiger partial charge on any atom is 0.331 e. The minimum absolute atomic E-state index is 0.0212. The van der Waals surface area contributed by atoms with Gasteiger partial charge < -0.3 is 5.11 Å². The Morgan fingerprint density at radius 1 is 1.39 bits per heavy atom. The molecule has 0 amide bonds. The van der Waals surface area contributed by atoms with Gasteiger partial charge in [0.15, 0.2) is 0 Å². The van der Waals surface area contributed by atoms with Gasteiger partial charge in [0.1, 0.15) is 0 Å². The minimum atomic E-state index is -0.498. The Morgan fingerprint density at radius 3 is 2.56 bits per heavy atom. The molecule has 0 aromatic carbocycles. The Kier molecular flexibility index (Phi) is 3.59. The summed E-state index contributed by atoms with van der Waals surface area (Å²) >= 11 is 0. The summed E-state index contributed by atoms with van der Waals surface area (Å²) in [5, 5.41) is 10.1. The molecule has 2 rings (SSSR count). The highest BCUT2D eigenvalue weighted by molar-refractivity contribution is 5.23. The summed E-state index contributed by atoms with van der Waals surface area (Å²) in [6, 6.07) is -0.0212. The summed E-state index contributed by atoms with van der Waals surface area (Å²) in [5.74, 6) is 0.511. The number of hydrogen-bond donors (Lipinski definition) is 2. The molecule has 0 bridgehead atoms. The quantitative estimate of drug-likeness (QED) is 0.835. The SMILES string of the molecule is CCc1c(O)n(C(CC)CC2CC2)c(=O)[nH]c1=O. The van der Waals surface area contributed by atoms with Gasteiger partial charge in [0.2, 0.25) is 5.88 Å². The highest BCUT2D eigenvalue weighted by atomic mass is 16.3. The number of nitrogens with zero attached hydrogens (tertiary/aromatic N) is 1. The van der Waals surface area contributed by atoms with Crippen molar-refractivity contribution in [1.29, 1.82) is 0 Å². The van der Waals surface area contributed by atoms with Crippen molar-refractivity contribution in [3.63, 3.8) is 0 Å². The van der Waals surface area contributed by atoms with Crippen LogP contribution in [0.15, 0.2) is 9.59 Å². The molecule has 1 aromatic rings. The van der Waals surface area contributed by atoms with Crippen LogP contribution in [0.4, 0.5) is 0 Å². The van der Waals surface area contributed by atoms with Gasteiger partial charge in [-0.05, 0) is 25.2 Å². The molecule has 5 nitrogen and oxygen atoms in total. The third-order valence-electron chi connectivity index (χ3n) is 3.70. The molecule has 1 aliphatic carbocycles. The maximum absolute atomic E-state index is 11.9. The van der Waals surface area contributed by atoms with Crippen LogP contribution in [0.25, 0.3) is 0 Å². The number of rotatable bonds is 5. The van der Waals surface area contributed by atoms with Crippen LogP contribution in [0.5, 0.6) is 5.88 Å². The van der Waals surface area contributed by atoms with Crippen molar-refractivity contribution in [3.05, 3.63) is 26.4 Å². The molecule has 1 heterocycles. The summed E-state index contributed by atoms with van der Waals surface area (Å²) in [4.78, 5) is 25.7. The monoisotopic (exact) mass is 252 g/mol. The largest absolute Gasteiger partial charge is 0.494 e. The van der Waals surface area contributed by atoms with Gasteiger partial charge >= 0.3 is 5.69 Å². The smallest absolute Gasteiger partial charge is 0.331 e. The van der Waals surface area contributed by atoms with Gasteiger partial charge in [0.25, 0.3) is 5.56 Å². The van der Waals surface area contributed by atoms with Gasteiger partial charge in [-0.3, -0.25) is 14.3 Å². The van der Waals surface area contributed by atoms with E-state index in [0.29, 0.717) is 17.9 Å². The molecule has 1 aliphatic rings. The van der Waals surface area contributed by atoms with Crippen molar-refractivity contribution in [2.24, 2.45) is 5.92 Å². The summed E-state index contributed by atoms with van der Waals surface area (Å²) in [5.41, 5.74) is -0.677. The first-order chi connectivity index (χ1) is 8.58. The van der Waals surface area contributed by atoms with Crippen molar-refractivity contribution in [2.75, 3.05) is 0 Å². The standard InChI is InChI=1S/C13H20N2O3/c1-3-9(7-8-5-6-8)15-12(17)10(4-2)11(16)14-13(15)18/h8-9,17H,3-7H2,1-2H3,(H,14,16,18). The predicted molar refractivity (Wildman–Crippen MR) is 69.0 cm³/mol. The lowest BCUT2D eigenvalue weighted by Gasteiger charge is -2.20. The zero-order chi connectivity index (χ0) is 13.3. The Balaban J connectivity index is 2.47. The van der Waals surface area contributed by atoms with Gasteiger partial charge in [-0.1, -0.05) is 26.7 Å². The first-order valence-electron chi connectivity index (χ1n) is 6.65. The van der Waals surface area contributed by atoms with Crippen molar-refractivity contribution in [2.45, 2.75) is 52.0 Å². The van der Waals surface area contributed by atoms with Crippen molar-refractivity contribution < 1.29 is 5.11 Å². The average molecular weight is 252 g/mol. The molecule has 0 radical (unpaired) electrons. The molecule has 100 valence electrons. The fourth-order valence-corrected chi connectivity index (χ4v) is 2.43. The van der Waals surface area contributed by atoms with E-state index < -0.39 is 11.2 Å². The van der Waals surface area contributed by atoms with Crippen LogP contribution >= 0.6 is 0 Å². The van der Waals surface area contributed by atoms with Crippen LogP contribution in [0.1, 0.15) is 51.1 Å².